The number of rotatable bonds is 11. The second-order valence-electron chi connectivity index (χ2n) is 9.76. The minimum absolute atomic E-state index is 0.0328. The Morgan fingerprint density at radius 2 is 1.79 bits per heavy atom. The number of nitrogens with zero attached hydrogens (tertiary/aromatic N) is 3. The van der Waals surface area contributed by atoms with E-state index >= 15 is 0 Å². The zero-order chi connectivity index (χ0) is 24.0. The highest BCUT2D eigenvalue weighted by molar-refractivity contribution is 5.77. The van der Waals surface area contributed by atoms with Crippen molar-refractivity contribution in [3.05, 3.63) is 26.7 Å². The van der Waals surface area contributed by atoms with E-state index in [9.17, 15) is 14.4 Å². The fourth-order valence-electron chi connectivity index (χ4n) is 4.98. The van der Waals surface area contributed by atoms with Crippen LogP contribution in [0.5, 0.6) is 0 Å². The maximum Gasteiger partial charge on any atom is 0.330 e. The van der Waals surface area contributed by atoms with E-state index in [-0.39, 0.29) is 11.9 Å². The summed E-state index contributed by atoms with van der Waals surface area (Å²) >= 11 is 0. The van der Waals surface area contributed by atoms with Crippen LogP contribution in [0.1, 0.15) is 91.3 Å². The Morgan fingerprint density at radius 3 is 2.52 bits per heavy atom. The van der Waals surface area contributed by atoms with Crippen LogP contribution in [-0.4, -0.2) is 31.1 Å². The summed E-state index contributed by atoms with van der Waals surface area (Å²) in [5, 5.41) is 3.24. The molecular weight excluding hydrogens is 418 g/mol. The average molecular weight is 460 g/mol. The smallest absolute Gasteiger partial charge is 0.330 e. The third kappa shape index (κ3) is 5.95. The summed E-state index contributed by atoms with van der Waals surface area (Å²) in [5.41, 5.74) is 0.0853. The number of unbranched alkanes of at least 4 members (excludes halogenated alkanes) is 3. The van der Waals surface area contributed by atoms with E-state index in [1.165, 1.54) is 6.42 Å². The number of hydrogen-bond acceptors (Lipinski definition) is 4. The molecule has 1 fully saturated rings. The number of hydrogen-bond donors (Lipinski definition) is 2. The van der Waals surface area contributed by atoms with Crippen LogP contribution < -0.4 is 16.6 Å². The molecule has 0 saturated heterocycles. The highest BCUT2D eigenvalue weighted by Crippen LogP contribution is 2.29. The largest absolute Gasteiger partial charge is 0.353 e. The predicted molar refractivity (Wildman–Crippen MR) is 131 cm³/mol. The molecule has 184 valence electrons. The summed E-state index contributed by atoms with van der Waals surface area (Å²) in [7, 11) is 0. The highest BCUT2D eigenvalue weighted by Gasteiger charge is 2.28. The Balaban J connectivity index is 1.85. The molecule has 0 radical (unpaired) electrons. The monoisotopic (exact) mass is 459 g/mol. The lowest BCUT2D eigenvalue weighted by atomic mass is 9.78. The lowest BCUT2D eigenvalue weighted by Gasteiger charge is -2.34. The first kappa shape index (κ1) is 25.2. The summed E-state index contributed by atoms with van der Waals surface area (Å²) in [5.74, 6) is 1.85. The Hall–Kier alpha value is -2.38. The van der Waals surface area contributed by atoms with Crippen molar-refractivity contribution < 1.29 is 4.79 Å². The number of amides is 1. The Labute approximate surface area is 196 Å². The molecule has 0 spiro atoms. The fraction of sp³-hybridized carbons (Fsp3) is 0.760. The summed E-state index contributed by atoms with van der Waals surface area (Å²) in [6.07, 6.45) is 9.00. The van der Waals surface area contributed by atoms with Gasteiger partial charge in [0.2, 0.25) is 5.91 Å². The molecule has 0 bridgehead atoms. The SMILES string of the molecule is CCCCCn1c(CCC(=O)NC2CCCC(C)C2C)nc2c1c(=O)[nH]c(=O)n2CCCC. The minimum atomic E-state index is -0.413. The van der Waals surface area contributed by atoms with Crippen molar-refractivity contribution in [1.29, 1.82) is 0 Å². The van der Waals surface area contributed by atoms with Crippen LogP contribution in [0, 0.1) is 11.8 Å². The molecule has 0 aromatic carbocycles. The first-order valence-corrected chi connectivity index (χ1v) is 12.9. The van der Waals surface area contributed by atoms with Crippen molar-refractivity contribution in [2.45, 2.75) is 111 Å². The molecule has 2 N–H and O–H groups in total. The van der Waals surface area contributed by atoms with Crippen LogP contribution >= 0.6 is 0 Å². The summed E-state index contributed by atoms with van der Waals surface area (Å²) in [4.78, 5) is 45.2. The molecule has 3 rings (SSSR count). The first-order chi connectivity index (χ1) is 15.9. The molecule has 0 aliphatic heterocycles. The third-order valence-electron chi connectivity index (χ3n) is 7.31. The van der Waals surface area contributed by atoms with Gasteiger partial charge >= 0.3 is 5.69 Å². The molecule has 1 saturated carbocycles. The van der Waals surface area contributed by atoms with Gasteiger partial charge in [-0.2, -0.15) is 0 Å². The van der Waals surface area contributed by atoms with Crippen LogP contribution in [0.4, 0.5) is 0 Å². The van der Waals surface area contributed by atoms with E-state index in [2.05, 4.69) is 38.0 Å². The standard InChI is InChI=1S/C25H41N5O3/c1-5-7-9-16-29-20(13-14-21(31)26-19-12-10-11-17(3)18(19)4)27-23-22(29)24(32)28-25(33)30(23)15-8-6-2/h17-19H,5-16H2,1-4H3,(H,26,31)(H,28,32,33). The van der Waals surface area contributed by atoms with E-state index in [1.807, 2.05) is 4.57 Å². The number of carbonyl (C=O) groups is 1. The molecule has 1 aliphatic rings. The quantitative estimate of drug-likeness (QED) is 0.500. The van der Waals surface area contributed by atoms with E-state index in [0.29, 0.717) is 54.8 Å². The van der Waals surface area contributed by atoms with Crippen LogP contribution in [0.15, 0.2) is 9.59 Å². The van der Waals surface area contributed by atoms with Gasteiger partial charge in [-0.1, -0.05) is 59.8 Å². The Morgan fingerprint density at radius 1 is 1.06 bits per heavy atom. The van der Waals surface area contributed by atoms with Crippen molar-refractivity contribution in [2.75, 3.05) is 0 Å². The number of H-pyrrole nitrogens is 1. The van der Waals surface area contributed by atoms with E-state index in [4.69, 9.17) is 4.98 Å². The number of nitrogens with one attached hydrogen (secondary N) is 2. The molecule has 3 unspecified atom stereocenters. The van der Waals surface area contributed by atoms with Crippen LogP contribution in [0.25, 0.3) is 11.2 Å². The van der Waals surface area contributed by atoms with Gasteiger partial charge in [-0.25, -0.2) is 9.78 Å². The van der Waals surface area contributed by atoms with Gasteiger partial charge in [0.15, 0.2) is 11.2 Å². The molecule has 2 aromatic rings. The topological polar surface area (TPSA) is 102 Å². The van der Waals surface area contributed by atoms with E-state index < -0.39 is 11.2 Å². The van der Waals surface area contributed by atoms with Gasteiger partial charge in [0.1, 0.15) is 5.82 Å². The molecule has 33 heavy (non-hydrogen) atoms. The van der Waals surface area contributed by atoms with Gasteiger partial charge in [-0.05, 0) is 31.1 Å². The minimum Gasteiger partial charge on any atom is -0.353 e. The van der Waals surface area contributed by atoms with Gasteiger partial charge in [0.25, 0.3) is 5.56 Å². The van der Waals surface area contributed by atoms with Crippen molar-refractivity contribution in [3.63, 3.8) is 0 Å². The molecule has 2 aromatic heterocycles. The number of fused-ring (bicyclic) bond motifs is 1. The molecule has 2 heterocycles. The number of imidazole rings is 1. The van der Waals surface area contributed by atoms with Gasteiger partial charge < -0.3 is 9.88 Å². The maximum atomic E-state index is 12.8. The van der Waals surface area contributed by atoms with Crippen molar-refractivity contribution in [1.82, 2.24) is 24.4 Å². The summed E-state index contributed by atoms with van der Waals surface area (Å²) in [6.45, 7) is 9.87. The Kier molecular flexibility index (Phi) is 8.92. The predicted octanol–water partition coefficient (Wildman–Crippen LogP) is 3.75. The summed E-state index contributed by atoms with van der Waals surface area (Å²) < 4.78 is 3.51. The molecule has 1 amide bonds. The normalized spacial score (nSPS) is 20.9. The second kappa shape index (κ2) is 11.7. The zero-order valence-corrected chi connectivity index (χ0v) is 20.8. The van der Waals surface area contributed by atoms with Crippen molar-refractivity contribution in [2.24, 2.45) is 11.8 Å². The first-order valence-electron chi connectivity index (χ1n) is 12.9. The average Bonchev–Trinajstić information content (AvgIpc) is 3.14. The van der Waals surface area contributed by atoms with Gasteiger partial charge in [0, 0.05) is 32.0 Å². The van der Waals surface area contributed by atoms with E-state index in [1.54, 1.807) is 4.57 Å². The van der Waals surface area contributed by atoms with Crippen molar-refractivity contribution >= 4 is 17.1 Å². The van der Waals surface area contributed by atoms with Crippen molar-refractivity contribution in [3.8, 4) is 0 Å². The number of aromatic nitrogens is 4. The number of aryl methyl sites for hydroxylation is 3. The van der Waals surface area contributed by atoms with Crippen LogP contribution in [0.3, 0.4) is 0 Å². The fourth-order valence-corrected chi connectivity index (χ4v) is 4.98. The summed E-state index contributed by atoms with van der Waals surface area (Å²) in [6, 6.07) is 0.228. The van der Waals surface area contributed by atoms with Crippen LogP contribution in [-0.2, 0) is 24.3 Å². The lowest BCUT2D eigenvalue weighted by molar-refractivity contribution is -0.122. The zero-order valence-electron chi connectivity index (χ0n) is 20.8. The molecule has 3 atom stereocenters. The highest BCUT2D eigenvalue weighted by atomic mass is 16.2. The maximum absolute atomic E-state index is 12.8. The number of aromatic amines is 1. The molecule has 1 aliphatic carbocycles. The van der Waals surface area contributed by atoms with E-state index in [0.717, 1.165) is 44.9 Å². The molecule has 8 heteroatoms. The van der Waals surface area contributed by atoms with Gasteiger partial charge in [-0.15, -0.1) is 0 Å². The second-order valence-corrected chi connectivity index (χ2v) is 9.76. The number of carbonyl (C=O) groups excluding carboxylic acids is 1. The Bertz CT molecular complexity index is 1050. The molecular formula is C25H41N5O3. The van der Waals surface area contributed by atoms with Gasteiger partial charge in [0.05, 0.1) is 0 Å². The van der Waals surface area contributed by atoms with Gasteiger partial charge in [-0.3, -0.25) is 19.1 Å². The third-order valence-corrected chi connectivity index (χ3v) is 7.31. The molecule has 8 nitrogen and oxygen atoms in total. The van der Waals surface area contributed by atoms with Crippen LogP contribution in [0.2, 0.25) is 0 Å². The lowest BCUT2D eigenvalue weighted by Crippen LogP contribution is -2.43.